The molecule has 4 rings (SSSR count). The van der Waals surface area contributed by atoms with Crippen LogP contribution in [0.25, 0.3) is 10.9 Å². The number of para-hydroxylation sites is 1. The zero-order valence-electron chi connectivity index (χ0n) is 14.3. The van der Waals surface area contributed by atoms with Crippen LogP contribution in [0.3, 0.4) is 0 Å². The smallest absolute Gasteiger partial charge is 0.258 e. The standard InChI is InChI=1S/C21H22N2O2/c1-14-6-9-16(10-7-14)25-13-21(24)22-15-8-11-20-18(12-15)17-4-2-3-5-19(17)23-20/h2-7,9-10,15,23H,8,11-13H2,1H3,(H,22,24). The minimum absolute atomic E-state index is 0.0559. The highest BCUT2D eigenvalue weighted by molar-refractivity contribution is 5.85. The highest BCUT2D eigenvalue weighted by atomic mass is 16.5. The number of amides is 1. The average molecular weight is 334 g/mol. The molecule has 1 aromatic heterocycles. The molecule has 0 aliphatic heterocycles. The van der Waals surface area contributed by atoms with E-state index in [4.69, 9.17) is 4.74 Å². The van der Waals surface area contributed by atoms with Gasteiger partial charge in [0.1, 0.15) is 5.75 Å². The summed E-state index contributed by atoms with van der Waals surface area (Å²) in [4.78, 5) is 15.7. The Balaban J connectivity index is 1.37. The number of rotatable bonds is 4. The van der Waals surface area contributed by atoms with E-state index < -0.39 is 0 Å². The third kappa shape index (κ3) is 3.38. The van der Waals surface area contributed by atoms with E-state index in [2.05, 4.69) is 28.5 Å². The molecule has 4 nitrogen and oxygen atoms in total. The Labute approximate surface area is 147 Å². The highest BCUT2D eigenvalue weighted by Crippen LogP contribution is 2.29. The van der Waals surface area contributed by atoms with Crippen LogP contribution in [0.4, 0.5) is 0 Å². The minimum atomic E-state index is -0.0612. The number of hydrogen-bond acceptors (Lipinski definition) is 2. The molecule has 0 bridgehead atoms. The van der Waals surface area contributed by atoms with Crippen LogP contribution in [0.1, 0.15) is 23.2 Å². The number of H-pyrrole nitrogens is 1. The van der Waals surface area contributed by atoms with Crippen molar-refractivity contribution in [3.8, 4) is 5.75 Å². The van der Waals surface area contributed by atoms with Crippen molar-refractivity contribution >= 4 is 16.8 Å². The fraction of sp³-hybridized carbons (Fsp3) is 0.286. The lowest BCUT2D eigenvalue weighted by atomic mass is 9.91. The predicted molar refractivity (Wildman–Crippen MR) is 98.9 cm³/mol. The van der Waals surface area contributed by atoms with Gasteiger partial charge in [0.2, 0.25) is 0 Å². The molecule has 4 heteroatoms. The van der Waals surface area contributed by atoms with Gasteiger partial charge in [-0.05, 0) is 49.9 Å². The molecule has 1 atom stereocenters. The van der Waals surface area contributed by atoms with E-state index in [1.54, 1.807) is 0 Å². The summed E-state index contributed by atoms with van der Waals surface area (Å²) in [6, 6.07) is 16.3. The molecule has 3 aromatic rings. The van der Waals surface area contributed by atoms with E-state index in [9.17, 15) is 4.79 Å². The van der Waals surface area contributed by atoms with Gasteiger partial charge in [-0.2, -0.15) is 0 Å². The zero-order chi connectivity index (χ0) is 17.2. The topological polar surface area (TPSA) is 54.1 Å². The maximum atomic E-state index is 12.2. The molecular weight excluding hydrogens is 312 g/mol. The molecule has 0 fully saturated rings. The quantitative estimate of drug-likeness (QED) is 0.767. The summed E-state index contributed by atoms with van der Waals surface area (Å²) in [5.41, 5.74) is 5.00. The molecule has 128 valence electrons. The van der Waals surface area contributed by atoms with Gasteiger partial charge in [0.15, 0.2) is 6.61 Å². The fourth-order valence-corrected chi connectivity index (χ4v) is 3.55. The third-order valence-electron chi connectivity index (χ3n) is 4.85. The normalized spacial score (nSPS) is 16.4. The van der Waals surface area contributed by atoms with Gasteiger partial charge in [0.05, 0.1) is 0 Å². The summed E-state index contributed by atoms with van der Waals surface area (Å²) < 4.78 is 5.57. The molecule has 25 heavy (non-hydrogen) atoms. The van der Waals surface area contributed by atoms with E-state index in [1.165, 1.54) is 27.7 Å². The van der Waals surface area contributed by atoms with Crippen LogP contribution in [-0.4, -0.2) is 23.5 Å². The van der Waals surface area contributed by atoms with Gasteiger partial charge in [0, 0.05) is 22.6 Å². The number of carbonyl (C=O) groups excluding carboxylic acids is 1. The van der Waals surface area contributed by atoms with Crippen molar-refractivity contribution in [3.05, 3.63) is 65.4 Å². The predicted octanol–water partition coefficient (Wildman–Crippen LogP) is 3.53. The summed E-state index contributed by atoms with van der Waals surface area (Å²) >= 11 is 0. The Morgan fingerprint density at radius 1 is 1.20 bits per heavy atom. The van der Waals surface area contributed by atoms with Gasteiger partial charge in [-0.15, -0.1) is 0 Å². The Morgan fingerprint density at radius 3 is 2.84 bits per heavy atom. The summed E-state index contributed by atoms with van der Waals surface area (Å²) in [5, 5.41) is 4.39. The van der Waals surface area contributed by atoms with Crippen LogP contribution in [0, 0.1) is 6.92 Å². The number of nitrogens with one attached hydrogen (secondary N) is 2. The van der Waals surface area contributed by atoms with Gasteiger partial charge in [0.25, 0.3) is 5.91 Å². The molecule has 1 aliphatic carbocycles. The molecule has 1 amide bonds. The molecule has 1 unspecified atom stereocenters. The molecular formula is C21H22N2O2. The van der Waals surface area contributed by atoms with Gasteiger partial charge >= 0.3 is 0 Å². The Hall–Kier alpha value is -2.75. The van der Waals surface area contributed by atoms with Gasteiger partial charge in [-0.3, -0.25) is 4.79 Å². The first kappa shape index (κ1) is 15.8. The molecule has 2 aromatic carbocycles. The number of fused-ring (bicyclic) bond motifs is 3. The Morgan fingerprint density at radius 2 is 2.00 bits per heavy atom. The molecule has 1 heterocycles. The van der Waals surface area contributed by atoms with Gasteiger partial charge in [-0.1, -0.05) is 35.9 Å². The van der Waals surface area contributed by atoms with Crippen LogP contribution in [0.15, 0.2) is 48.5 Å². The van der Waals surface area contributed by atoms with Gasteiger partial charge < -0.3 is 15.0 Å². The molecule has 2 N–H and O–H groups in total. The van der Waals surface area contributed by atoms with E-state index in [0.29, 0.717) is 0 Å². The number of ether oxygens (including phenoxy) is 1. The average Bonchev–Trinajstić information content (AvgIpc) is 2.99. The molecule has 0 radical (unpaired) electrons. The Bertz CT molecular complexity index is 896. The van der Waals surface area contributed by atoms with E-state index >= 15 is 0 Å². The largest absolute Gasteiger partial charge is 0.484 e. The lowest BCUT2D eigenvalue weighted by Crippen LogP contribution is -2.41. The monoisotopic (exact) mass is 334 g/mol. The van der Waals surface area contributed by atoms with Crippen molar-refractivity contribution in [2.75, 3.05) is 6.61 Å². The van der Waals surface area contributed by atoms with Crippen LogP contribution in [-0.2, 0) is 17.6 Å². The number of hydrogen-bond donors (Lipinski definition) is 2. The van der Waals surface area contributed by atoms with Crippen molar-refractivity contribution in [1.29, 1.82) is 0 Å². The first-order chi connectivity index (χ1) is 12.2. The second-order valence-corrected chi connectivity index (χ2v) is 6.74. The fourth-order valence-electron chi connectivity index (χ4n) is 3.55. The summed E-state index contributed by atoms with van der Waals surface area (Å²) in [6.07, 6.45) is 2.79. The number of carbonyl (C=O) groups is 1. The molecule has 0 saturated heterocycles. The van der Waals surface area contributed by atoms with Crippen LogP contribution in [0.5, 0.6) is 5.75 Å². The van der Waals surface area contributed by atoms with E-state index in [0.717, 1.165) is 25.0 Å². The van der Waals surface area contributed by atoms with Crippen LogP contribution < -0.4 is 10.1 Å². The van der Waals surface area contributed by atoms with Crippen molar-refractivity contribution < 1.29 is 9.53 Å². The van der Waals surface area contributed by atoms with Crippen LogP contribution in [0.2, 0.25) is 0 Å². The number of aromatic amines is 1. The van der Waals surface area contributed by atoms with Crippen LogP contribution >= 0.6 is 0 Å². The maximum Gasteiger partial charge on any atom is 0.258 e. The van der Waals surface area contributed by atoms with Crippen molar-refractivity contribution in [3.63, 3.8) is 0 Å². The van der Waals surface area contributed by atoms with Crippen molar-refractivity contribution in [1.82, 2.24) is 10.3 Å². The summed E-state index contributed by atoms with van der Waals surface area (Å²) in [5.74, 6) is 0.664. The van der Waals surface area contributed by atoms with Gasteiger partial charge in [-0.25, -0.2) is 0 Å². The van der Waals surface area contributed by atoms with E-state index in [-0.39, 0.29) is 18.6 Å². The first-order valence-electron chi connectivity index (χ1n) is 8.76. The summed E-state index contributed by atoms with van der Waals surface area (Å²) in [6.45, 7) is 2.08. The van der Waals surface area contributed by atoms with Crippen molar-refractivity contribution in [2.45, 2.75) is 32.2 Å². The zero-order valence-corrected chi connectivity index (χ0v) is 14.3. The molecule has 0 spiro atoms. The maximum absolute atomic E-state index is 12.2. The van der Waals surface area contributed by atoms with Crippen molar-refractivity contribution in [2.24, 2.45) is 0 Å². The SMILES string of the molecule is Cc1ccc(OCC(=O)NC2CCc3[nH]c4ccccc4c3C2)cc1. The minimum Gasteiger partial charge on any atom is -0.484 e. The second kappa shape index (κ2) is 6.63. The summed E-state index contributed by atoms with van der Waals surface area (Å²) in [7, 11) is 0. The number of aromatic nitrogens is 1. The number of aryl methyl sites for hydroxylation is 2. The lowest BCUT2D eigenvalue weighted by molar-refractivity contribution is -0.123. The van der Waals surface area contributed by atoms with E-state index in [1.807, 2.05) is 37.3 Å². The lowest BCUT2D eigenvalue weighted by Gasteiger charge is -2.23. The second-order valence-electron chi connectivity index (χ2n) is 6.74. The third-order valence-corrected chi connectivity index (χ3v) is 4.85. The molecule has 0 saturated carbocycles. The highest BCUT2D eigenvalue weighted by Gasteiger charge is 2.23. The first-order valence-corrected chi connectivity index (χ1v) is 8.76. The number of benzene rings is 2. The Kier molecular flexibility index (Phi) is 4.18. The molecule has 1 aliphatic rings.